The van der Waals surface area contributed by atoms with Crippen LogP contribution in [0.15, 0.2) is 18.2 Å². The highest BCUT2D eigenvalue weighted by Crippen LogP contribution is 2.27. The van der Waals surface area contributed by atoms with Crippen LogP contribution in [0.5, 0.6) is 0 Å². The van der Waals surface area contributed by atoms with Crippen molar-refractivity contribution < 1.29 is 19.1 Å². The Kier molecular flexibility index (Phi) is 13.4. The van der Waals surface area contributed by atoms with Gasteiger partial charge in [0.2, 0.25) is 11.8 Å². The fourth-order valence-electron chi connectivity index (χ4n) is 4.14. The number of amides is 3. The van der Waals surface area contributed by atoms with Crippen LogP contribution in [-0.2, 0) is 14.3 Å². The lowest BCUT2D eigenvalue weighted by molar-refractivity contribution is -0.142. The molecule has 204 valence electrons. The molecule has 0 heterocycles. The molecule has 8 heteroatoms. The maximum Gasteiger partial charge on any atom is 0.408 e. The summed E-state index contributed by atoms with van der Waals surface area (Å²) in [5, 5.41) is 5.78. The van der Waals surface area contributed by atoms with Crippen molar-refractivity contribution in [2.24, 2.45) is 0 Å². The molecule has 7 nitrogen and oxygen atoms in total. The number of nitrogens with zero attached hydrogens (tertiary/aromatic N) is 1. The zero-order valence-corrected chi connectivity index (χ0v) is 24.3. The van der Waals surface area contributed by atoms with Crippen LogP contribution in [0.25, 0.3) is 0 Å². The van der Waals surface area contributed by atoms with Crippen molar-refractivity contribution in [3.05, 3.63) is 34.9 Å². The highest BCUT2D eigenvalue weighted by Gasteiger charge is 2.36. The number of unbranched alkanes of at least 4 members (excludes halogenated alkanes) is 2. The van der Waals surface area contributed by atoms with Crippen LogP contribution in [0.3, 0.4) is 0 Å². The Morgan fingerprint density at radius 1 is 1.06 bits per heavy atom. The average molecular weight is 522 g/mol. The molecular weight excluding hydrogens is 474 g/mol. The molecule has 3 atom stereocenters. The van der Waals surface area contributed by atoms with E-state index in [1.165, 1.54) is 0 Å². The van der Waals surface area contributed by atoms with Gasteiger partial charge < -0.3 is 20.3 Å². The van der Waals surface area contributed by atoms with E-state index in [2.05, 4.69) is 37.1 Å². The second kappa shape index (κ2) is 15.1. The van der Waals surface area contributed by atoms with Gasteiger partial charge >= 0.3 is 6.09 Å². The van der Waals surface area contributed by atoms with Crippen LogP contribution in [0.2, 0.25) is 0 Å². The Balaban J connectivity index is 3.46. The van der Waals surface area contributed by atoms with Gasteiger partial charge in [0.05, 0.1) is 0 Å². The SMILES string of the molecule is CCCCCN(C(=O)C(CS)NC(=O)OC(C)(C)C)C(C(=O)NC(C)CCC)c1ccc(C)cc1C. The van der Waals surface area contributed by atoms with Gasteiger partial charge in [0.1, 0.15) is 17.7 Å². The Bertz CT molecular complexity index is 869. The summed E-state index contributed by atoms with van der Waals surface area (Å²) in [5.41, 5.74) is 2.10. The smallest absolute Gasteiger partial charge is 0.408 e. The van der Waals surface area contributed by atoms with Crippen LogP contribution in [0, 0.1) is 13.8 Å². The van der Waals surface area contributed by atoms with Crippen molar-refractivity contribution in [1.29, 1.82) is 0 Å². The van der Waals surface area contributed by atoms with E-state index in [0.29, 0.717) is 6.54 Å². The van der Waals surface area contributed by atoms with Crippen molar-refractivity contribution in [1.82, 2.24) is 15.5 Å². The van der Waals surface area contributed by atoms with E-state index in [4.69, 9.17) is 4.74 Å². The minimum atomic E-state index is -0.932. The third-order valence-corrected chi connectivity index (χ3v) is 6.21. The summed E-state index contributed by atoms with van der Waals surface area (Å²) in [6.45, 7) is 15.8. The highest BCUT2D eigenvalue weighted by molar-refractivity contribution is 7.80. The van der Waals surface area contributed by atoms with E-state index < -0.39 is 23.8 Å². The van der Waals surface area contributed by atoms with E-state index in [1.54, 1.807) is 25.7 Å². The fourth-order valence-corrected chi connectivity index (χ4v) is 4.39. The highest BCUT2D eigenvalue weighted by atomic mass is 32.1. The predicted molar refractivity (Wildman–Crippen MR) is 149 cm³/mol. The van der Waals surface area contributed by atoms with Gasteiger partial charge in [-0.3, -0.25) is 9.59 Å². The molecule has 0 spiro atoms. The molecule has 36 heavy (non-hydrogen) atoms. The normalized spacial score (nSPS) is 13.9. The van der Waals surface area contributed by atoms with Gasteiger partial charge in [-0.2, -0.15) is 12.6 Å². The number of rotatable bonds is 13. The first-order valence-corrected chi connectivity index (χ1v) is 13.8. The number of carbonyl (C=O) groups excluding carboxylic acids is 3. The molecule has 1 aromatic rings. The van der Waals surface area contributed by atoms with E-state index in [0.717, 1.165) is 48.8 Å². The zero-order chi connectivity index (χ0) is 27.5. The first-order chi connectivity index (χ1) is 16.8. The van der Waals surface area contributed by atoms with E-state index in [-0.39, 0.29) is 23.6 Å². The third-order valence-electron chi connectivity index (χ3n) is 5.85. The number of hydrogen-bond donors (Lipinski definition) is 3. The van der Waals surface area contributed by atoms with E-state index >= 15 is 0 Å². The lowest BCUT2D eigenvalue weighted by Crippen LogP contribution is -2.54. The topological polar surface area (TPSA) is 87.7 Å². The van der Waals surface area contributed by atoms with Crippen molar-refractivity contribution in [2.45, 2.75) is 111 Å². The summed E-state index contributed by atoms with van der Waals surface area (Å²) in [6.07, 6.45) is 3.73. The Labute approximate surface area is 223 Å². The second-order valence-corrected chi connectivity index (χ2v) is 10.9. The molecule has 0 radical (unpaired) electrons. The van der Waals surface area contributed by atoms with Gasteiger partial charge in [0.15, 0.2) is 0 Å². The van der Waals surface area contributed by atoms with Crippen molar-refractivity contribution in [2.75, 3.05) is 12.3 Å². The molecule has 0 aromatic heterocycles. The van der Waals surface area contributed by atoms with Crippen LogP contribution in [-0.4, -0.2) is 52.8 Å². The minimum absolute atomic E-state index is 0.0242. The predicted octanol–water partition coefficient (Wildman–Crippen LogP) is 5.49. The molecule has 0 bridgehead atoms. The molecule has 3 unspecified atom stereocenters. The van der Waals surface area contributed by atoms with Gasteiger partial charge in [-0.15, -0.1) is 0 Å². The second-order valence-electron chi connectivity index (χ2n) is 10.6. The number of benzene rings is 1. The summed E-state index contributed by atoms with van der Waals surface area (Å²) >= 11 is 4.35. The molecule has 0 aliphatic heterocycles. The van der Waals surface area contributed by atoms with Gasteiger partial charge in [-0.1, -0.05) is 56.9 Å². The summed E-state index contributed by atoms with van der Waals surface area (Å²) in [5.74, 6) is -0.492. The number of ether oxygens (including phenoxy) is 1. The molecule has 0 aliphatic rings. The standard InChI is InChI=1S/C28H47N3O4S/c1-9-11-12-16-31(26(33)23(18-36)30-27(34)35-28(6,7)8)24(25(32)29-21(5)13-10-2)22-15-14-19(3)17-20(22)4/h14-15,17,21,23-24,36H,9-13,16,18H2,1-8H3,(H,29,32)(H,30,34). The fraction of sp³-hybridized carbons (Fsp3) is 0.679. The molecule has 3 amide bonds. The van der Waals surface area contributed by atoms with Gasteiger partial charge in [0.25, 0.3) is 0 Å². The zero-order valence-electron chi connectivity index (χ0n) is 23.4. The molecule has 0 saturated heterocycles. The van der Waals surface area contributed by atoms with Gasteiger partial charge in [-0.05, 0) is 65.5 Å². The number of nitrogens with one attached hydrogen (secondary N) is 2. The van der Waals surface area contributed by atoms with Gasteiger partial charge in [0, 0.05) is 18.3 Å². The van der Waals surface area contributed by atoms with Crippen LogP contribution >= 0.6 is 12.6 Å². The number of alkyl carbamates (subject to hydrolysis) is 1. The van der Waals surface area contributed by atoms with Crippen molar-refractivity contribution >= 4 is 30.5 Å². The quantitative estimate of drug-likeness (QED) is 0.237. The summed E-state index contributed by atoms with van der Waals surface area (Å²) in [4.78, 5) is 41.7. The van der Waals surface area contributed by atoms with Crippen LogP contribution in [0.4, 0.5) is 4.79 Å². The van der Waals surface area contributed by atoms with E-state index in [1.807, 2.05) is 39.0 Å². The number of aryl methyl sites for hydroxylation is 2. The largest absolute Gasteiger partial charge is 0.444 e. The molecular formula is C28H47N3O4S. The Morgan fingerprint density at radius 2 is 1.72 bits per heavy atom. The molecule has 1 rings (SSSR count). The average Bonchev–Trinajstić information content (AvgIpc) is 2.76. The maximum atomic E-state index is 13.9. The van der Waals surface area contributed by atoms with Crippen molar-refractivity contribution in [3.8, 4) is 0 Å². The maximum absolute atomic E-state index is 13.9. The lowest BCUT2D eigenvalue weighted by Gasteiger charge is -2.35. The first-order valence-electron chi connectivity index (χ1n) is 13.1. The van der Waals surface area contributed by atoms with Crippen LogP contribution in [0.1, 0.15) is 96.4 Å². The van der Waals surface area contributed by atoms with Crippen LogP contribution < -0.4 is 10.6 Å². The number of carbonyl (C=O) groups is 3. The van der Waals surface area contributed by atoms with Gasteiger partial charge in [-0.25, -0.2) is 4.79 Å². The molecule has 0 saturated carbocycles. The monoisotopic (exact) mass is 521 g/mol. The first kappa shape index (κ1) is 31.8. The van der Waals surface area contributed by atoms with E-state index in [9.17, 15) is 14.4 Å². The number of thiol groups is 1. The number of hydrogen-bond acceptors (Lipinski definition) is 5. The molecule has 0 aliphatic carbocycles. The summed E-state index contributed by atoms with van der Waals surface area (Å²) in [7, 11) is 0. The minimum Gasteiger partial charge on any atom is -0.444 e. The lowest BCUT2D eigenvalue weighted by atomic mass is 9.96. The van der Waals surface area contributed by atoms with Crippen molar-refractivity contribution in [3.63, 3.8) is 0 Å². The Hall–Kier alpha value is -2.22. The summed E-state index contributed by atoms with van der Waals surface area (Å²) < 4.78 is 5.37. The third kappa shape index (κ3) is 10.4. The summed E-state index contributed by atoms with van der Waals surface area (Å²) in [6, 6.07) is 4.13. The Morgan fingerprint density at radius 3 is 2.25 bits per heavy atom. The molecule has 1 aromatic carbocycles. The molecule has 2 N–H and O–H groups in total. The molecule has 0 fully saturated rings.